The third-order valence-electron chi connectivity index (χ3n) is 12.5. The lowest BCUT2D eigenvalue weighted by molar-refractivity contribution is 0.282. The number of nitrogens with zero attached hydrogens (tertiary/aromatic N) is 5. The molecule has 0 bridgehead atoms. The number of amidine groups is 2. The van der Waals surface area contributed by atoms with E-state index in [2.05, 4.69) is 192 Å². The molecule has 5 heteroatoms. The van der Waals surface area contributed by atoms with E-state index in [1.54, 1.807) is 0 Å². The van der Waals surface area contributed by atoms with Crippen molar-refractivity contribution in [2.45, 2.75) is 44.3 Å². The van der Waals surface area contributed by atoms with Crippen LogP contribution < -0.4 is 0 Å². The van der Waals surface area contributed by atoms with Crippen LogP contribution in [0.1, 0.15) is 71.4 Å². The van der Waals surface area contributed by atoms with E-state index in [0.717, 1.165) is 36.5 Å². The number of allylic oxidation sites excluding steroid dienone is 5. The van der Waals surface area contributed by atoms with E-state index >= 15 is 0 Å². The molecule has 0 spiro atoms. The lowest BCUT2D eigenvalue weighted by Gasteiger charge is -2.36. The first-order valence-corrected chi connectivity index (χ1v) is 20.0. The molecule has 3 aliphatic carbocycles. The Labute approximate surface area is 327 Å². The summed E-state index contributed by atoms with van der Waals surface area (Å²) in [5.74, 6) is 2.66. The van der Waals surface area contributed by atoms with Crippen molar-refractivity contribution in [3.05, 3.63) is 185 Å². The van der Waals surface area contributed by atoms with E-state index in [1.165, 1.54) is 66.3 Å². The van der Waals surface area contributed by atoms with Gasteiger partial charge in [0.25, 0.3) is 0 Å². The first-order valence-electron chi connectivity index (χ1n) is 20.0. The number of aromatic nitrogens is 2. The molecule has 2 aromatic heterocycles. The minimum atomic E-state index is -0.288. The predicted octanol–water partition coefficient (Wildman–Crippen LogP) is 12.0. The summed E-state index contributed by atoms with van der Waals surface area (Å²) in [6, 6.07) is 42.2. The highest BCUT2D eigenvalue weighted by Gasteiger charge is 2.33. The molecule has 56 heavy (non-hydrogen) atoms. The maximum absolute atomic E-state index is 5.51. The summed E-state index contributed by atoms with van der Waals surface area (Å²) in [7, 11) is 2.15. The normalized spacial score (nSPS) is 21.4. The van der Waals surface area contributed by atoms with Gasteiger partial charge in [-0.3, -0.25) is 0 Å². The Hall–Kier alpha value is -6.46. The molecule has 0 fully saturated rings. The largest absolute Gasteiger partial charge is 0.320 e. The molecule has 7 aromatic rings. The third-order valence-corrected chi connectivity index (χ3v) is 12.5. The van der Waals surface area contributed by atoms with Gasteiger partial charge in [-0.2, -0.15) is 0 Å². The van der Waals surface area contributed by atoms with Gasteiger partial charge in [-0.15, -0.1) is 0 Å². The summed E-state index contributed by atoms with van der Waals surface area (Å²) >= 11 is 0. The van der Waals surface area contributed by atoms with Gasteiger partial charge in [-0.05, 0) is 78.3 Å². The Bertz CT molecular complexity index is 2880. The van der Waals surface area contributed by atoms with Crippen molar-refractivity contribution in [3.8, 4) is 5.69 Å². The fourth-order valence-electron chi connectivity index (χ4n) is 9.67. The second kappa shape index (κ2) is 13.1. The second-order valence-electron chi connectivity index (χ2n) is 15.8. The Morgan fingerprint density at radius 1 is 0.661 bits per heavy atom. The monoisotopic (exact) mass is 725 g/mol. The van der Waals surface area contributed by atoms with E-state index in [-0.39, 0.29) is 18.1 Å². The number of para-hydroxylation sites is 2. The van der Waals surface area contributed by atoms with Crippen LogP contribution in [0.4, 0.5) is 0 Å². The molecule has 4 unspecified atom stereocenters. The van der Waals surface area contributed by atoms with E-state index in [4.69, 9.17) is 9.98 Å². The molecule has 4 atom stereocenters. The first kappa shape index (κ1) is 32.9. The summed E-state index contributed by atoms with van der Waals surface area (Å²) in [5, 5.41) is 3.93. The number of rotatable bonds is 5. The van der Waals surface area contributed by atoms with Gasteiger partial charge in [0.1, 0.15) is 11.7 Å². The molecule has 0 N–H and O–H groups in total. The van der Waals surface area contributed by atoms with Crippen LogP contribution >= 0.6 is 0 Å². The van der Waals surface area contributed by atoms with Crippen LogP contribution in [0.15, 0.2) is 162 Å². The Morgan fingerprint density at radius 2 is 1.46 bits per heavy atom. The van der Waals surface area contributed by atoms with Gasteiger partial charge in [0.15, 0.2) is 0 Å². The van der Waals surface area contributed by atoms with E-state index < -0.39 is 0 Å². The molecule has 0 radical (unpaired) electrons. The Balaban J connectivity index is 1.06. The summed E-state index contributed by atoms with van der Waals surface area (Å²) < 4.78 is 4.95. The molecular weight excluding hydrogens is 683 g/mol. The van der Waals surface area contributed by atoms with Gasteiger partial charge in [-0.25, -0.2) is 9.98 Å². The second-order valence-corrected chi connectivity index (χ2v) is 15.8. The number of aliphatic imine (C=N–C) groups is 2. The molecule has 0 saturated heterocycles. The molecule has 1 aliphatic heterocycles. The fourth-order valence-corrected chi connectivity index (χ4v) is 9.67. The highest BCUT2D eigenvalue weighted by atomic mass is 15.4. The van der Waals surface area contributed by atoms with Crippen molar-refractivity contribution in [1.29, 1.82) is 0 Å². The molecule has 11 rings (SSSR count). The van der Waals surface area contributed by atoms with Gasteiger partial charge < -0.3 is 14.0 Å². The summed E-state index contributed by atoms with van der Waals surface area (Å²) in [5.41, 5.74) is 12.7. The summed E-state index contributed by atoms with van der Waals surface area (Å²) in [4.78, 5) is 13.0. The first-order chi connectivity index (χ1) is 27.6. The predicted molar refractivity (Wildman–Crippen MR) is 234 cm³/mol. The quantitative estimate of drug-likeness (QED) is 0.174. The van der Waals surface area contributed by atoms with Crippen molar-refractivity contribution >= 4 is 56.5 Å². The average Bonchev–Trinajstić information content (AvgIpc) is 3.77. The molecule has 5 nitrogen and oxygen atoms in total. The van der Waals surface area contributed by atoms with Crippen LogP contribution in [-0.2, 0) is 6.42 Å². The maximum atomic E-state index is 5.51. The van der Waals surface area contributed by atoms with E-state index in [9.17, 15) is 0 Å². The van der Waals surface area contributed by atoms with Gasteiger partial charge in [0, 0.05) is 57.6 Å². The standard InChI is InChI=1S/C51H43N5/c1-33-15-14-23-42-39(33)28-30-46-48(42)43-31-36(26-29-45(43)55(46)38-20-10-5-11-21-38)37-25-27-41-40-22-12-13-24-44(40)56(47(41)32-37)51-53-49(34-16-6-3-7-17-34)52-50(54(51)2)35-18-8-4-9-19-35/h3-14,16,18-31,33-34,37,51H,15,17,32H2,1-2H3. The molecule has 272 valence electrons. The smallest absolute Gasteiger partial charge is 0.206 e. The van der Waals surface area contributed by atoms with Gasteiger partial charge in [-0.1, -0.05) is 134 Å². The van der Waals surface area contributed by atoms with Crippen LogP contribution in [0.2, 0.25) is 0 Å². The van der Waals surface area contributed by atoms with Crippen molar-refractivity contribution in [3.63, 3.8) is 0 Å². The number of benzene rings is 5. The molecular formula is C51H43N5. The van der Waals surface area contributed by atoms with Crippen LogP contribution in [-0.4, -0.2) is 32.8 Å². The molecule has 0 amide bonds. The molecule has 0 saturated carbocycles. The van der Waals surface area contributed by atoms with Gasteiger partial charge in [0.2, 0.25) is 6.29 Å². The zero-order valence-corrected chi connectivity index (χ0v) is 31.8. The van der Waals surface area contributed by atoms with Crippen LogP contribution in [0.3, 0.4) is 0 Å². The third kappa shape index (κ3) is 5.14. The lowest BCUT2D eigenvalue weighted by Crippen LogP contribution is -2.40. The lowest BCUT2D eigenvalue weighted by atomic mass is 9.85. The van der Waals surface area contributed by atoms with Gasteiger partial charge in [0.05, 0.1) is 16.6 Å². The van der Waals surface area contributed by atoms with Crippen molar-refractivity contribution in [2.75, 3.05) is 7.05 Å². The van der Waals surface area contributed by atoms with Crippen LogP contribution in [0.25, 0.3) is 50.5 Å². The zero-order valence-electron chi connectivity index (χ0n) is 31.8. The van der Waals surface area contributed by atoms with E-state index in [0.29, 0.717) is 5.92 Å². The topological polar surface area (TPSA) is 37.8 Å². The average molecular weight is 726 g/mol. The Morgan fingerprint density at radius 3 is 2.30 bits per heavy atom. The van der Waals surface area contributed by atoms with Crippen LogP contribution in [0.5, 0.6) is 0 Å². The van der Waals surface area contributed by atoms with E-state index in [1.807, 2.05) is 0 Å². The number of fused-ring (bicyclic) bond motifs is 8. The molecule has 4 aliphatic rings. The number of hydrogen-bond acceptors (Lipinski definition) is 3. The molecule has 3 heterocycles. The van der Waals surface area contributed by atoms with Crippen molar-refractivity contribution < 1.29 is 0 Å². The maximum Gasteiger partial charge on any atom is 0.206 e. The Kier molecular flexibility index (Phi) is 7.70. The molecule has 5 aromatic carbocycles. The minimum absolute atomic E-state index is 0.133. The van der Waals surface area contributed by atoms with Crippen LogP contribution in [0, 0.1) is 5.92 Å². The summed E-state index contributed by atoms with van der Waals surface area (Å²) in [6.45, 7) is 2.35. The minimum Gasteiger partial charge on any atom is -0.320 e. The van der Waals surface area contributed by atoms with Crippen molar-refractivity contribution in [2.24, 2.45) is 15.9 Å². The SMILES string of the molecule is CC1CC=Cc2c1ccc1c2c2cc(C3C=Cc4c(n(C5N=C(C6C=CC=CC6)N=C(c6ccccc6)N5C)c5ccccc45)C3)ccc2n1-c1ccccc1. The highest BCUT2D eigenvalue weighted by Crippen LogP contribution is 2.44. The number of hydrogen-bond donors (Lipinski definition) is 0. The zero-order chi connectivity index (χ0) is 37.3. The van der Waals surface area contributed by atoms with Gasteiger partial charge >= 0.3 is 0 Å². The van der Waals surface area contributed by atoms with Crippen molar-refractivity contribution in [1.82, 2.24) is 14.0 Å². The fraction of sp³-hybridized carbons (Fsp3) is 0.176. The highest BCUT2D eigenvalue weighted by molar-refractivity contribution is 6.14. The summed E-state index contributed by atoms with van der Waals surface area (Å²) in [6.07, 6.45) is 20.8.